The molecule has 0 bridgehead atoms. The summed E-state index contributed by atoms with van der Waals surface area (Å²) >= 11 is 1.73. The molecule has 0 unspecified atom stereocenters. The van der Waals surface area contributed by atoms with Gasteiger partial charge >= 0.3 is 0 Å². The second kappa shape index (κ2) is 13.0. The molecule has 9 aromatic carbocycles. The molecule has 12 rings (SSSR count). The van der Waals surface area contributed by atoms with E-state index in [1.807, 2.05) is 42.5 Å². The summed E-state index contributed by atoms with van der Waals surface area (Å²) in [5.41, 5.74) is 8.76. The maximum absolute atomic E-state index is 6.52. The Morgan fingerprint density at radius 1 is 0.379 bits per heavy atom. The molecule has 3 heterocycles. The predicted molar refractivity (Wildman–Crippen MR) is 240 cm³/mol. The second-order valence-electron chi connectivity index (χ2n) is 14.6. The maximum Gasteiger partial charge on any atom is 0.164 e. The van der Waals surface area contributed by atoms with Gasteiger partial charge < -0.3 is 4.42 Å². The lowest BCUT2D eigenvalue weighted by molar-refractivity contribution is 0.669. The number of aromatic nitrogens is 4. The van der Waals surface area contributed by atoms with Crippen molar-refractivity contribution in [1.82, 2.24) is 19.9 Å². The summed E-state index contributed by atoms with van der Waals surface area (Å²) in [4.78, 5) is 20.5. The highest BCUT2D eigenvalue weighted by molar-refractivity contribution is 7.22. The Morgan fingerprint density at radius 3 is 1.81 bits per heavy atom. The van der Waals surface area contributed by atoms with E-state index < -0.39 is 0 Å². The summed E-state index contributed by atoms with van der Waals surface area (Å²) in [5, 5.41) is 10.0. The standard InChI is InChI=1S/C52H30N4OS/c1-2-13-33(14-3-1)49-54-50(38-23-21-31-11-4-6-15-34(31)27-38)56-51(55-49)41-19-10-17-36-29-37(25-26-40(36)41)46-47-42-18-8-9-20-44(42)57-45(47)30-43-48(46)58-52(53-43)39-24-22-32-12-5-7-16-35(32)28-39/h1-30H. The van der Waals surface area contributed by atoms with Crippen LogP contribution in [0.5, 0.6) is 0 Å². The summed E-state index contributed by atoms with van der Waals surface area (Å²) in [6.45, 7) is 0. The van der Waals surface area contributed by atoms with Crippen LogP contribution >= 0.6 is 11.3 Å². The van der Waals surface area contributed by atoms with Crippen molar-refractivity contribution in [1.29, 1.82) is 0 Å². The molecule has 0 fully saturated rings. The largest absolute Gasteiger partial charge is 0.456 e. The zero-order valence-electron chi connectivity index (χ0n) is 30.9. The lowest BCUT2D eigenvalue weighted by Crippen LogP contribution is -2.00. The molecular weight excluding hydrogens is 729 g/mol. The Kier molecular flexibility index (Phi) is 7.33. The molecule has 5 nitrogen and oxygen atoms in total. The molecule has 3 aromatic heterocycles. The van der Waals surface area contributed by atoms with Gasteiger partial charge in [-0.1, -0.05) is 152 Å². The van der Waals surface area contributed by atoms with E-state index in [0.29, 0.717) is 17.5 Å². The lowest BCUT2D eigenvalue weighted by Gasteiger charge is -2.12. The third-order valence-corrected chi connectivity index (χ3v) is 12.2. The lowest BCUT2D eigenvalue weighted by atomic mass is 9.95. The minimum atomic E-state index is 0.628. The third-order valence-electron chi connectivity index (χ3n) is 11.1. The number of rotatable bonds is 5. The molecule has 6 heteroatoms. The van der Waals surface area contributed by atoms with Gasteiger partial charge in [-0.2, -0.15) is 0 Å². The van der Waals surface area contributed by atoms with Crippen LogP contribution in [-0.2, 0) is 0 Å². The highest BCUT2D eigenvalue weighted by Gasteiger charge is 2.21. The summed E-state index contributed by atoms with van der Waals surface area (Å²) in [6.07, 6.45) is 0. The van der Waals surface area contributed by atoms with Crippen LogP contribution in [0.1, 0.15) is 0 Å². The van der Waals surface area contributed by atoms with Gasteiger partial charge in [0.25, 0.3) is 0 Å². The molecule has 0 N–H and O–H groups in total. The van der Waals surface area contributed by atoms with E-state index >= 15 is 0 Å². The van der Waals surface area contributed by atoms with Gasteiger partial charge in [-0.3, -0.25) is 0 Å². The average Bonchev–Trinajstić information content (AvgIpc) is 3.89. The average molecular weight is 759 g/mol. The number of hydrogen-bond donors (Lipinski definition) is 0. The van der Waals surface area contributed by atoms with Gasteiger partial charge in [-0.15, -0.1) is 11.3 Å². The van der Waals surface area contributed by atoms with E-state index in [0.717, 1.165) is 86.7 Å². The fourth-order valence-electron chi connectivity index (χ4n) is 8.30. The van der Waals surface area contributed by atoms with Crippen molar-refractivity contribution in [3.63, 3.8) is 0 Å². The van der Waals surface area contributed by atoms with E-state index in [4.69, 9.17) is 24.4 Å². The molecule has 0 atom stereocenters. The van der Waals surface area contributed by atoms with Crippen LogP contribution < -0.4 is 0 Å². The number of benzene rings is 9. The molecule has 0 saturated carbocycles. The molecule has 0 aliphatic rings. The molecule has 12 aromatic rings. The van der Waals surface area contributed by atoms with Crippen LogP contribution in [0.25, 0.3) is 120 Å². The normalized spacial score (nSPS) is 11.8. The van der Waals surface area contributed by atoms with E-state index in [9.17, 15) is 0 Å². The summed E-state index contributed by atoms with van der Waals surface area (Å²) in [5.74, 6) is 1.90. The van der Waals surface area contributed by atoms with E-state index in [-0.39, 0.29) is 0 Å². The highest BCUT2D eigenvalue weighted by atomic mass is 32.1. The smallest absolute Gasteiger partial charge is 0.164 e. The van der Waals surface area contributed by atoms with Gasteiger partial charge in [-0.25, -0.2) is 19.9 Å². The molecular formula is C52H30N4OS. The topological polar surface area (TPSA) is 64.7 Å². The molecule has 0 saturated heterocycles. The second-order valence-corrected chi connectivity index (χ2v) is 15.6. The fraction of sp³-hybridized carbons (Fsp3) is 0. The summed E-state index contributed by atoms with van der Waals surface area (Å²) in [6, 6.07) is 63.4. The molecule has 0 amide bonds. The third kappa shape index (κ3) is 5.38. The zero-order valence-corrected chi connectivity index (χ0v) is 31.7. The highest BCUT2D eigenvalue weighted by Crippen LogP contribution is 2.46. The molecule has 0 spiro atoms. The first-order valence-corrected chi connectivity index (χ1v) is 20.1. The first-order chi connectivity index (χ1) is 28.7. The molecule has 0 aliphatic heterocycles. The van der Waals surface area contributed by atoms with Crippen molar-refractivity contribution in [3.8, 4) is 55.9 Å². The Balaban J connectivity index is 1.05. The molecule has 0 aliphatic carbocycles. The maximum atomic E-state index is 6.52. The number of para-hydroxylation sites is 1. The van der Waals surface area contributed by atoms with E-state index in [1.54, 1.807) is 11.3 Å². The van der Waals surface area contributed by atoms with Gasteiger partial charge in [0.05, 0.1) is 10.2 Å². The van der Waals surface area contributed by atoms with Crippen molar-refractivity contribution in [2.24, 2.45) is 0 Å². The predicted octanol–water partition coefficient (Wildman–Crippen LogP) is 14.2. The SMILES string of the molecule is c1ccc(-c2nc(-c3ccc4ccccc4c3)nc(-c3cccc4cc(-c5c6sc(-c7ccc8ccccc8c7)nc6cc6oc7ccccc7c56)ccc34)n2)cc1. The van der Waals surface area contributed by atoms with Gasteiger partial charge in [0, 0.05) is 44.7 Å². The van der Waals surface area contributed by atoms with Crippen LogP contribution in [0.2, 0.25) is 0 Å². The number of furan rings is 1. The Morgan fingerprint density at radius 2 is 1.00 bits per heavy atom. The van der Waals surface area contributed by atoms with Gasteiger partial charge in [0.1, 0.15) is 16.2 Å². The van der Waals surface area contributed by atoms with Crippen molar-refractivity contribution in [2.45, 2.75) is 0 Å². The van der Waals surface area contributed by atoms with Crippen LogP contribution in [0, 0.1) is 0 Å². The minimum absolute atomic E-state index is 0.628. The Bertz CT molecular complexity index is 3590. The van der Waals surface area contributed by atoms with Crippen LogP contribution in [0.4, 0.5) is 0 Å². The van der Waals surface area contributed by atoms with E-state index in [1.165, 1.54) is 16.2 Å². The Labute approximate surface area is 336 Å². The summed E-state index contributed by atoms with van der Waals surface area (Å²) in [7, 11) is 0. The minimum Gasteiger partial charge on any atom is -0.456 e. The molecule has 58 heavy (non-hydrogen) atoms. The van der Waals surface area contributed by atoms with Gasteiger partial charge in [-0.05, 0) is 62.1 Å². The van der Waals surface area contributed by atoms with Crippen molar-refractivity contribution >= 4 is 75.8 Å². The summed E-state index contributed by atoms with van der Waals surface area (Å²) < 4.78 is 7.65. The van der Waals surface area contributed by atoms with Crippen LogP contribution in [0.15, 0.2) is 186 Å². The van der Waals surface area contributed by atoms with Crippen LogP contribution in [-0.4, -0.2) is 19.9 Å². The number of thiazole rings is 1. The first-order valence-electron chi connectivity index (χ1n) is 19.3. The van der Waals surface area contributed by atoms with Crippen LogP contribution in [0.3, 0.4) is 0 Å². The quantitative estimate of drug-likeness (QED) is 0.175. The van der Waals surface area contributed by atoms with E-state index in [2.05, 4.69) is 140 Å². The van der Waals surface area contributed by atoms with Crippen molar-refractivity contribution < 1.29 is 4.42 Å². The zero-order chi connectivity index (χ0) is 38.2. The number of hydrogen-bond acceptors (Lipinski definition) is 6. The van der Waals surface area contributed by atoms with Gasteiger partial charge in [0.15, 0.2) is 17.5 Å². The number of fused-ring (bicyclic) bond motifs is 7. The number of nitrogens with zero attached hydrogens (tertiary/aromatic N) is 4. The Hall–Kier alpha value is -7.54. The fourth-order valence-corrected chi connectivity index (χ4v) is 9.41. The first kappa shape index (κ1) is 32.7. The molecule has 270 valence electrons. The monoisotopic (exact) mass is 758 g/mol. The van der Waals surface area contributed by atoms with Crippen molar-refractivity contribution in [3.05, 3.63) is 182 Å². The van der Waals surface area contributed by atoms with Crippen molar-refractivity contribution in [2.75, 3.05) is 0 Å². The van der Waals surface area contributed by atoms with Gasteiger partial charge in [0.2, 0.25) is 0 Å². The molecule has 0 radical (unpaired) electrons.